The third-order valence-electron chi connectivity index (χ3n) is 3.01. The largest absolute Gasteiger partial charge is 0.356 e. The quantitative estimate of drug-likeness (QED) is 0.591. The molecule has 0 aliphatic carbocycles. The molecule has 0 bridgehead atoms. The maximum absolute atomic E-state index is 5.06. The van der Waals surface area contributed by atoms with Crippen LogP contribution >= 0.6 is 11.3 Å². The summed E-state index contributed by atoms with van der Waals surface area (Å²) in [6, 6.07) is 0. The standard InChI is InChI=1S/C14H22N6OS/c1-4-11-9-18-13(22-11)6-8-17-14(15-3)16-7-5-12-19-10(2)20-21-12/h9H,4-8H2,1-3H3,(H2,15,16,17). The Hall–Kier alpha value is -1.96. The average molecular weight is 322 g/mol. The highest BCUT2D eigenvalue weighted by atomic mass is 32.1. The van der Waals surface area contributed by atoms with Crippen LogP contribution in [0.5, 0.6) is 0 Å². The van der Waals surface area contributed by atoms with Gasteiger partial charge in [0.25, 0.3) is 0 Å². The van der Waals surface area contributed by atoms with Gasteiger partial charge in [0.1, 0.15) is 0 Å². The van der Waals surface area contributed by atoms with Crippen LogP contribution in [0.2, 0.25) is 0 Å². The van der Waals surface area contributed by atoms with E-state index >= 15 is 0 Å². The lowest BCUT2D eigenvalue weighted by molar-refractivity contribution is 0.374. The molecule has 0 atom stereocenters. The Morgan fingerprint density at radius 3 is 2.68 bits per heavy atom. The van der Waals surface area contributed by atoms with Crippen LogP contribution in [0.3, 0.4) is 0 Å². The molecule has 2 aromatic rings. The second-order valence-corrected chi connectivity index (χ2v) is 5.93. The van der Waals surface area contributed by atoms with Crippen molar-refractivity contribution < 1.29 is 4.52 Å². The summed E-state index contributed by atoms with van der Waals surface area (Å²) in [6.45, 7) is 5.45. The van der Waals surface area contributed by atoms with E-state index in [0.717, 1.165) is 30.4 Å². The van der Waals surface area contributed by atoms with Crippen molar-refractivity contribution in [1.29, 1.82) is 0 Å². The van der Waals surface area contributed by atoms with E-state index in [-0.39, 0.29) is 0 Å². The van der Waals surface area contributed by atoms with Gasteiger partial charge in [-0.15, -0.1) is 11.3 Å². The minimum absolute atomic E-state index is 0.635. The van der Waals surface area contributed by atoms with Crippen LogP contribution in [0.15, 0.2) is 15.7 Å². The molecule has 0 aliphatic rings. The number of nitrogens with one attached hydrogen (secondary N) is 2. The fourth-order valence-corrected chi connectivity index (χ4v) is 2.73. The molecule has 2 heterocycles. The van der Waals surface area contributed by atoms with E-state index in [2.05, 4.69) is 37.7 Å². The number of aliphatic imine (C=N–C) groups is 1. The van der Waals surface area contributed by atoms with Crippen LogP contribution < -0.4 is 10.6 Å². The summed E-state index contributed by atoms with van der Waals surface area (Å²) in [7, 11) is 1.75. The Bertz CT molecular complexity index is 606. The first kappa shape index (κ1) is 16.4. The predicted octanol–water partition coefficient (Wildman–Crippen LogP) is 1.35. The molecular weight excluding hydrogens is 300 g/mol. The number of guanidine groups is 1. The minimum atomic E-state index is 0.635. The van der Waals surface area contributed by atoms with Gasteiger partial charge in [-0.3, -0.25) is 4.99 Å². The van der Waals surface area contributed by atoms with Crippen molar-refractivity contribution in [3.63, 3.8) is 0 Å². The van der Waals surface area contributed by atoms with Crippen LogP contribution in [-0.4, -0.2) is 41.2 Å². The molecular formula is C14H22N6OS. The zero-order chi connectivity index (χ0) is 15.8. The highest BCUT2D eigenvalue weighted by molar-refractivity contribution is 7.11. The summed E-state index contributed by atoms with van der Waals surface area (Å²) in [5.41, 5.74) is 0. The lowest BCUT2D eigenvalue weighted by atomic mass is 10.4. The number of rotatable bonds is 7. The molecule has 7 nitrogen and oxygen atoms in total. The second kappa shape index (κ2) is 8.47. The Morgan fingerprint density at radius 1 is 1.32 bits per heavy atom. The van der Waals surface area contributed by atoms with E-state index in [1.807, 2.05) is 13.1 Å². The number of thiazole rings is 1. The molecule has 0 spiro atoms. The van der Waals surface area contributed by atoms with Gasteiger partial charge < -0.3 is 15.2 Å². The predicted molar refractivity (Wildman–Crippen MR) is 87.3 cm³/mol. The SMILES string of the molecule is CCc1cnc(CCNC(=NC)NCCc2nc(C)no2)s1. The molecule has 8 heteroatoms. The summed E-state index contributed by atoms with van der Waals surface area (Å²) >= 11 is 1.77. The van der Waals surface area contributed by atoms with Gasteiger partial charge in [-0.1, -0.05) is 12.1 Å². The molecule has 0 saturated carbocycles. The molecule has 0 fully saturated rings. The highest BCUT2D eigenvalue weighted by Gasteiger charge is 2.04. The number of hydrogen-bond acceptors (Lipinski definition) is 6. The van der Waals surface area contributed by atoms with E-state index in [4.69, 9.17) is 4.52 Å². The molecule has 0 aliphatic heterocycles. The van der Waals surface area contributed by atoms with Gasteiger partial charge in [0, 0.05) is 44.1 Å². The van der Waals surface area contributed by atoms with Crippen LogP contribution in [0.25, 0.3) is 0 Å². The zero-order valence-electron chi connectivity index (χ0n) is 13.2. The highest BCUT2D eigenvalue weighted by Crippen LogP contribution is 2.13. The van der Waals surface area contributed by atoms with E-state index in [1.165, 1.54) is 4.88 Å². The first-order valence-corrected chi connectivity index (χ1v) is 8.20. The summed E-state index contributed by atoms with van der Waals surface area (Å²) < 4.78 is 5.06. The summed E-state index contributed by atoms with van der Waals surface area (Å²) in [5.74, 6) is 2.06. The smallest absolute Gasteiger partial charge is 0.228 e. The summed E-state index contributed by atoms with van der Waals surface area (Å²) in [4.78, 5) is 14.1. The van der Waals surface area contributed by atoms with Gasteiger partial charge in [-0.2, -0.15) is 4.98 Å². The molecule has 0 amide bonds. The lowest BCUT2D eigenvalue weighted by Crippen LogP contribution is -2.39. The van der Waals surface area contributed by atoms with E-state index in [1.54, 1.807) is 18.4 Å². The number of hydrogen-bond donors (Lipinski definition) is 2. The van der Waals surface area contributed by atoms with Crippen molar-refractivity contribution in [2.75, 3.05) is 20.1 Å². The fourth-order valence-electron chi connectivity index (χ4n) is 1.86. The lowest BCUT2D eigenvalue weighted by Gasteiger charge is -2.10. The van der Waals surface area contributed by atoms with Gasteiger partial charge in [-0.25, -0.2) is 4.98 Å². The number of aromatic nitrogens is 3. The van der Waals surface area contributed by atoms with Crippen molar-refractivity contribution in [2.45, 2.75) is 33.1 Å². The zero-order valence-corrected chi connectivity index (χ0v) is 14.0. The summed E-state index contributed by atoms with van der Waals surface area (Å²) in [5, 5.41) is 11.4. The first-order chi connectivity index (χ1) is 10.7. The van der Waals surface area contributed by atoms with Gasteiger partial charge in [0.2, 0.25) is 5.89 Å². The average Bonchev–Trinajstić information content (AvgIpc) is 3.14. The van der Waals surface area contributed by atoms with Crippen molar-refractivity contribution >= 4 is 17.3 Å². The number of aryl methyl sites for hydroxylation is 2. The van der Waals surface area contributed by atoms with Gasteiger partial charge in [-0.05, 0) is 13.3 Å². The van der Waals surface area contributed by atoms with E-state index < -0.39 is 0 Å². The molecule has 2 N–H and O–H groups in total. The van der Waals surface area contributed by atoms with Gasteiger partial charge in [0.15, 0.2) is 11.8 Å². The van der Waals surface area contributed by atoms with Crippen LogP contribution in [0.4, 0.5) is 0 Å². The van der Waals surface area contributed by atoms with Crippen LogP contribution in [-0.2, 0) is 19.3 Å². The maximum Gasteiger partial charge on any atom is 0.228 e. The molecule has 2 rings (SSSR count). The van der Waals surface area contributed by atoms with Crippen molar-refractivity contribution in [3.05, 3.63) is 27.8 Å². The normalized spacial score (nSPS) is 11.7. The van der Waals surface area contributed by atoms with Crippen LogP contribution in [0, 0.1) is 6.92 Å². The minimum Gasteiger partial charge on any atom is -0.356 e. The Kier molecular flexibility index (Phi) is 6.32. The Morgan fingerprint density at radius 2 is 2.09 bits per heavy atom. The maximum atomic E-state index is 5.06. The van der Waals surface area contributed by atoms with E-state index in [0.29, 0.717) is 24.7 Å². The third kappa shape index (κ3) is 5.10. The fraction of sp³-hybridized carbons (Fsp3) is 0.571. The Labute approximate surface area is 134 Å². The van der Waals surface area contributed by atoms with E-state index in [9.17, 15) is 0 Å². The third-order valence-corrected chi connectivity index (χ3v) is 4.21. The van der Waals surface area contributed by atoms with Crippen molar-refractivity contribution in [1.82, 2.24) is 25.8 Å². The molecule has 2 aromatic heterocycles. The van der Waals surface area contributed by atoms with Gasteiger partial charge in [0.05, 0.1) is 5.01 Å². The monoisotopic (exact) mass is 322 g/mol. The van der Waals surface area contributed by atoms with Crippen molar-refractivity contribution in [3.8, 4) is 0 Å². The molecule has 0 unspecified atom stereocenters. The number of nitrogens with zero attached hydrogens (tertiary/aromatic N) is 4. The molecule has 120 valence electrons. The molecule has 22 heavy (non-hydrogen) atoms. The molecule has 0 aromatic carbocycles. The molecule has 0 saturated heterocycles. The van der Waals surface area contributed by atoms with Crippen molar-refractivity contribution in [2.24, 2.45) is 4.99 Å². The molecule has 0 radical (unpaired) electrons. The first-order valence-electron chi connectivity index (χ1n) is 7.38. The topological polar surface area (TPSA) is 88.2 Å². The Balaban J connectivity index is 1.66. The summed E-state index contributed by atoms with van der Waals surface area (Å²) in [6.07, 6.45) is 4.57. The second-order valence-electron chi connectivity index (χ2n) is 4.73. The van der Waals surface area contributed by atoms with Gasteiger partial charge >= 0.3 is 0 Å². The van der Waals surface area contributed by atoms with Crippen LogP contribution in [0.1, 0.15) is 28.5 Å².